The van der Waals surface area contributed by atoms with Gasteiger partial charge in [0.25, 0.3) is 0 Å². The van der Waals surface area contributed by atoms with Gasteiger partial charge in [-0.25, -0.2) is 5.43 Å². The molecule has 0 saturated heterocycles. The van der Waals surface area contributed by atoms with E-state index in [0.29, 0.717) is 16.6 Å². The fourth-order valence-corrected chi connectivity index (χ4v) is 3.20. The lowest BCUT2D eigenvalue weighted by atomic mass is 9.76. The Labute approximate surface area is 130 Å². The monoisotopic (exact) mass is 301 g/mol. The van der Waals surface area contributed by atoms with E-state index in [1.807, 2.05) is 18.2 Å². The first-order chi connectivity index (χ1) is 10.2. The SMILES string of the molecule is NNC(c1ccc(Cl)cc1N)c1ccccc1C1CCC1. The van der Waals surface area contributed by atoms with Crippen LogP contribution in [0.3, 0.4) is 0 Å². The highest BCUT2D eigenvalue weighted by Crippen LogP contribution is 2.41. The van der Waals surface area contributed by atoms with Crippen molar-refractivity contribution in [1.29, 1.82) is 0 Å². The molecular formula is C17H20ClN3. The van der Waals surface area contributed by atoms with Crippen LogP contribution in [0.2, 0.25) is 5.02 Å². The van der Waals surface area contributed by atoms with Gasteiger partial charge in [0, 0.05) is 10.7 Å². The third-order valence-corrected chi connectivity index (χ3v) is 4.61. The van der Waals surface area contributed by atoms with Gasteiger partial charge < -0.3 is 5.73 Å². The maximum Gasteiger partial charge on any atom is 0.0732 e. The molecule has 0 amide bonds. The van der Waals surface area contributed by atoms with Gasteiger partial charge in [0.1, 0.15) is 0 Å². The maximum absolute atomic E-state index is 6.13. The highest BCUT2D eigenvalue weighted by molar-refractivity contribution is 6.30. The number of nitrogen functional groups attached to an aromatic ring is 1. The second-order valence-corrected chi connectivity index (χ2v) is 6.07. The number of hydrogen-bond donors (Lipinski definition) is 3. The second kappa shape index (κ2) is 6.06. The van der Waals surface area contributed by atoms with Gasteiger partial charge in [-0.2, -0.15) is 0 Å². The lowest BCUT2D eigenvalue weighted by molar-refractivity contribution is 0.414. The molecule has 0 aromatic heterocycles. The lowest BCUT2D eigenvalue weighted by Gasteiger charge is -2.30. The molecule has 5 N–H and O–H groups in total. The van der Waals surface area contributed by atoms with Crippen LogP contribution in [0.15, 0.2) is 42.5 Å². The Morgan fingerprint density at radius 2 is 1.86 bits per heavy atom. The van der Waals surface area contributed by atoms with Gasteiger partial charge in [0.05, 0.1) is 6.04 Å². The molecule has 0 heterocycles. The molecule has 2 aromatic rings. The van der Waals surface area contributed by atoms with E-state index < -0.39 is 0 Å². The molecule has 1 aliphatic carbocycles. The maximum atomic E-state index is 6.13. The Morgan fingerprint density at radius 3 is 2.48 bits per heavy atom. The van der Waals surface area contributed by atoms with Crippen LogP contribution in [0.25, 0.3) is 0 Å². The van der Waals surface area contributed by atoms with Crippen molar-refractivity contribution in [1.82, 2.24) is 5.43 Å². The van der Waals surface area contributed by atoms with E-state index in [4.69, 9.17) is 23.2 Å². The average molecular weight is 302 g/mol. The molecule has 1 aliphatic rings. The summed E-state index contributed by atoms with van der Waals surface area (Å²) in [5, 5.41) is 0.638. The van der Waals surface area contributed by atoms with Crippen LogP contribution in [0, 0.1) is 0 Å². The Balaban J connectivity index is 2.03. The van der Waals surface area contributed by atoms with Crippen molar-refractivity contribution < 1.29 is 0 Å². The largest absolute Gasteiger partial charge is 0.398 e. The van der Waals surface area contributed by atoms with Crippen molar-refractivity contribution in [3.8, 4) is 0 Å². The standard InChI is InChI=1S/C17H20ClN3/c18-12-8-9-15(16(19)10-12)17(21-20)14-7-2-1-6-13(14)11-4-3-5-11/h1-2,6-11,17,21H,3-5,19-20H2. The Hall–Kier alpha value is -1.55. The van der Waals surface area contributed by atoms with E-state index in [0.717, 1.165) is 5.56 Å². The van der Waals surface area contributed by atoms with Crippen molar-refractivity contribution in [2.24, 2.45) is 5.84 Å². The number of hydrazine groups is 1. The predicted molar refractivity (Wildman–Crippen MR) is 88.1 cm³/mol. The van der Waals surface area contributed by atoms with E-state index in [2.05, 4.69) is 23.6 Å². The number of hydrogen-bond acceptors (Lipinski definition) is 3. The number of anilines is 1. The molecule has 1 saturated carbocycles. The van der Waals surface area contributed by atoms with Gasteiger partial charge in [-0.1, -0.05) is 48.4 Å². The van der Waals surface area contributed by atoms with E-state index in [1.165, 1.54) is 30.4 Å². The third-order valence-electron chi connectivity index (χ3n) is 4.38. The topological polar surface area (TPSA) is 64.1 Å². The van der Waals surface area contributed by atoms with Crippen molar-refractivity contribution in [2.75, 3.05) is 5.73 Å². The molecule has 3 nitrogen and oxygen atoms in total. The highest BCUT2D eigenvalue weighted by Gasteiger charge is 2.26. The Kier molecular flexibility index (Phi) is 4.15. The number of halogens is 1. The first-order valence-electron chi connectivity index (χ1n) is 7.30. The summed E-state index contributed by atoms with van der Waals surface area (Å²) >= 11 is 5.99. The van der Waals surface area contributed by atoms with Crippen LogP contribution in [0.5, 0.6) is 0 Å². The van der Waals surface area contributed by atoms with E-state index >= 15 is 0 Å². The smallest absolute Gasteiger partial charge is 0.0732 e. The molecule has 1 atom stereocenters. The number of nitrogens with two attached hydrogens (primary N) is 2. The molecular weight excluding hydrogens is 282 g/mol. The first kappa shape index (κ1) is 14.4. The zero-order valence-electron chi connectivity index (χ0n) is 11.9. The summed E-state index contributed by atoms with van der Waals surface area (Å²) in [6, 6.07) is 13.9. The van der Waals surface area contributed by atoms with E-state index in [-0.39, 0.29) is 6.04 Å². The predicted octanol–water partition coefficient (Wildman–Crippen LogP) is 3.74. The summed E-state index contributed by atoms with van der Waals surface area (Å²) in [6.07, 6.45) is 3.82. The summed E-state index contributed by atoms with van der Waals surface area (Å²) in [6.45, 7) is 0. The second-order valence-electron chi connectivity index (χ2n) is 5.63. The van der Waals surface area contributed by atoms with Gasteiger partial charge in [0.2, 0.25) is 0 Å². The van der Waals surface area contributed by atoms with Crippen LogP contribution >= 0.6 is 11.6 Å². The van der Waals surface area contributed by atoms with Crippen LogP contribution in [-0.4, -0.2) is 0 Å². The Morgan fingerprint density at radius 1 is 1.10 bits per heavy atom. The molecule has 21 heavy (non-hydrogen) atoms. The minimum Gasteiger partial charge on any atom is -0.398 e. The summed E-state index contributed by atoms with van der Waals surface area (Å²) in [4.78, 5) is 0. The average Bonchev–Trinajstić information content (AvgIpc) is 2.41. The van der Waals surface area contributed by atoms with Crippen molar-refractivity contribution in [2.45, 2.75) is 31.2 Å². The molecule has 0 aliphatic heterocycles. The van der Waals surface area contributed by atoms with Gasteiger partial charge in [-0.3, -0.25) is 5.84 Å². The number of nitrogens with one attached hydrogen (secondary N) is 1. The summed E-state index contributed by atoms with van der Waals surface area (Å²) in [5.41, 5.74) is 13.3. The van der Waals surface area contributed by atoms with Gasteiger partial charge in [-0.05, 0) is 47.6 Å². The van der Waals surface area contributed by atoms with E-state index in [9.17, 15) is 0 Å². The molecule has 3 rings (SSSR count). The molecule has 110 valence electrons. The molecule has 0 bridgehead atoms. The first-order valence-corrected chi connectivity index (χ1v) is 7.68. The normalized spacial score (nSPS) is 16.5. The summed E-state index contributed by atoms with van der Waals surface area (Å²) < 4.78 is 0. The zero-order chi connectivity index (χ0) is 14.8. The molecule has 0 radical (unpaired) electrons. The molecule has 4 heteroatoms. The lowest BCUT2D eigenvalue weighted by Crippen LogP contribution is -2.31. The van der Waals surface area contributed by atoms with Crippen LogP contribution in [-0.2, 0) is 0 Å². The van der Waals surface area contributed by atoms with Crippen LogP contribution < -0.4 is 17.0 Å². The highest BCUT2D eigenvalue weighted by atomic mass is 35.5. The Bertz CT molecular complexity index is 638. The molecule has 2 aromatic carbocycles. The fraction of sp³-hybridized carbons (Fsp3) is 0.294. The minimum absolute atomic E-state index is 0.112. The van der Waals surface area contributed by atoms with Crippen molar-refractivity contribution in [3.63, 3.8) is 0 Å². The minimum atomic E-state index is -0.112. The quantitative estimate of drug-likeness (QED) is 0.458. The summed E-state index contributed by atoms with van der Waals surface area (Å²) in [7, 11) is 0. The fourth-order valence-electron chi connectivity index (χ4n) is 3.02. The van der Waals surface area contributed by atoms with Crippen LogP contribution in [0.1, 0.15) is 47.9 Å². The van der Waals surface area contributed by atoms with Crippen molar-refractivity contribution in [3.05, 3.63) is 64.2 Å². The zero-order valence-corrected chi connectivity index (χ0v) is 12.6. The van der Waals surface area contributed by atoms with Gasteiger partial charge >= 0.3 is 0 Å². The molecule has 1 unspecified atom stereocenters. The van der Waals surface area contributed by atoms with Gasteiger partial charge in [-0.15, -0.1) is 0 Å². The number of benzene rings is 2. The van der Waals surface area contributed by atoms with Gasteiger partial charge in [0.15, 0.2) is 0 Å². The van der Waals surface area contributed by atoms with Crippen molar-refractivity contribution >= 4 is 17.3 Å². The number of rotatable bonds is 4. The molecule has 0 spiro atoms. The van der Waals surface area contributed by atoms with Crippen LogP contribution in [0.4, 0.5) is 5.69 Å². The summed E-state index contributed by atoms with van der Waals surface area (Å²) in [5.74, 6) is 6.48. The third kappa shape index (κ3) is 2.77. The van der Waals surface area contributed by atoms with E-state index in [1.54, 1.807) is 6.07 Å². The molecule has 1 fully saturated rings.